The topological polar surface area (TPSA) is 117 Å². The predicted molar refractivity (Wildman–Crippen MR) is 132 cm³/mol. The zero-order chi connectivity index (χ0) is 25.2. The third kappa shape index (κ3) is 5.09. The molecule has 0 aliphatic carbocycles. The van der Waals surface area contributed by atoms with Crippen LogP contribution in [0.2, 0.25) is 0 Å². The van der Waals surface area contributed by atoms with Gasteiger partial charge in [0.1, 0.15) is 12.0 Å². The number of aryl methyl sites for hydroxylation is 1. The lowest BCUT2D eigenvalue weighted by Crippen LogP contribution is -2.49. The molecule has 0 spiro atoms. The average Bonchev–Trinajstić information content (AvgIpc) is 2.88. The summed E-state index contributed by atoms with van der Waals surface area (Å²) in [6.45, 7) is 3.76. The van der Waals surface area contributed by atoms with E-state index in [1.54, 1.807) is 35.2 Å². The molecule has 0 atom stereocenters. The van der Waals surface area contributed by atoms with E-state index in [4.69, 9.17) is 0 Å². The molecule has 1 fully saturated rings. The van der Waals surface area contributed by atoms with Crippen LogP contribution in [0, 0.1) is 17.0 Å². The molecule has 3 aromatic rings. The summed E-state index contributed by atoms with van der Waals surface area (Å²) in [5, 5.41) is 10.8. The maximum atomic E-state index is 13.2. The predicted octanol–water partition coefficient (Wildman–Crippen LogP) is 3.09. The minimum absolute atomic E-state index is 0.0418. The Morgan fingerprint density at radius 1 is 1.03 bits per heavy atom. The first-order valence-electron chi connectivity index (χ1n) is 11.0. The van der Waals surface area contributed by atoms with E-state index in [9.17, 15) is 23.3 Å². The van der Waals surface area contributed by atoms with Gasteiger partial charge in [0.15, 0.2) is 0 Å². The second kappa shape index (κ2) is 9.71. The smallest absolute Gasteiger partial charge is 0.287 e. The molecule has 0 radical (unpaired) electrons. The van der Waals surface area contributed by atoms with Gasteiger partial charge < -0.3 is 9.80 Å². The minimum atomic E-state index is -3.85. The minimum Gasteiger partial charge on any atom is -0.353 e. The number of carbonyl (C=O) groups is 1. The molecule has 4 rings (SSSR count). The Balaban J connectivity index is 1.45. The van der Waals surface area contributed by atoms with Gasteiger partial charge in [-0.25, -0.2) is 13.4 Å². The Morgan fingerprint density at radius 3 is 2.31 bits per heavy atom. The molecule has 1 aliphatic rings. The number of amides is 1. The number of aromatic nitrogens is 1. The monoisotopic (exact) mass is 495 g/mol. The van der Waals surface area contributed by atoms with Crippen LogP contribution in [0.3, 0.4) is 0 Å². The number of carbonyl (C=O) groups excluding carboxylic acids is 1. The Kier molecular flexibility index (Phi) is 6.70. The number of hydrogen-bond donors (Lipinski definition) is 0. The fourth-order valence-corrected chi connectivity index (χ4v) is 5.08. The highest BCUT2D eigenvalue weighted by atomic mass is 32.2. The first-order chi connectivity index (χ1) is 16.7. The Morgan fingerprint density at radius 2 is 1.71 bits per heavy atom. The number of nitrogens with zero attached hydrogens (tertiary/aromatic N) is 5. The molecule has 2 heterocycles. The summed E-state index contributed by atoms with van der Waals surface area (Å²) in [6.07, 6.45) is 1.21. The second-order valence-electron chi connectivity index (χ2n) is 8.25. The Hall–Kier alpha value is -3.99. The lowest BCUT2D eigenvalue weighted by molar-refractivity contribution is -0.385. The van der Waals surface area contributed by atoms with Crippen LogP contribution in [0.4, 0.5) is 17.2 Å². The lowest BCUT2D eigenvalue weighted by atomic mass is 10.2. The fraction of sp³-hybridized carbons (Fsp3) is 0.250. The summed E-state index contributed by atoms with van der Waals surface area (Å²) >= 11 is 0. The van der Waals surface area contributed by atoms with Crippen molar-refractivity contribution in [3.8, 4) is 0 Å². The van der Waals surface area contributed by atoms with E-state index >= 15 is 0 Å². The van der Waals surface area contributed by atoms with Gasteiger partial charge in [-0.05, 0) is 43.3 Å². The highest BCUT2D eigenvalue weighted by molar-refractivity contribution is 7.92. The van der Waals surface area contributed by atoms with Gasteiger partial charge in [-0.3, -0.25) is 19.2 Å². The maximum absolute atomic E-state index is 13.2. The van der Waals surface area contributed by atoms with Crippen LogP contribution >= 0.6 is 0 Å². The van der Waals surface area contributed by atoms with Gasteiger partial charge in [-0.2, -0.15) is 0 Å². The molecule has 0 unspecified atom stereocenters. The molecule has 10 nitrogen and oxygen atoms in total. The molecule has 1 aliphatic heterocycles. The highest BCUT2D eigenvalue weighted by Gasteiger charge is 2.26. The van der Waals surface area contributed by atoms with Crippen molar-refractivity contribution in [2.75, 3.05) is 42.4 Å². The van der Waals surface area contributed by atoms with Crippen LogP contribution in [0.5, 0.6) is 0 Å². The van der Waals surface area contributed by atoms with Crippen LogP contribution in [-0.2, 0) is 10.0 Å². The van der Waals surface area contributed by atoms with Crippen molar-refractivity contribution in [2.45, 2.75) is 11.8 Å². The largest absolute Gasteiger partial charge is 0.353 e. The van der Waals surface area contributed by atoms with Crippen LogP contribution < -0.4 is 9.21 Å². The molecular formula is C24H25N5O5S. The third-order valence-electron chi connectivity index (χ3n) is 5.97. The highest BCUT2D eigenvalue weighted by Crippen LogP contribution is 2.24. The first-order valence-corrected chi connectivity index (χ1v) is 12.4. The third-order valence-corrected chi connectivity index (χ3v) is 7.75. The van der Waals surface area contributed by atoms with Gasteiger partial charge in [-0.15, -0.1) is 0 Å². The summed E-state index contributed by atoms with van der Waals surface area (Å²) in [4.78, 5) is 31.2. The summed E-state index contributed by atoms with van der Waals surface area (Å²) in [5.74, 6) is 0.353. The van der Waals surface area contributed by atoms with Gasteiger partial charge in [0.2, 0.25) is 0 Å². The van der Waals surface area contributed by atoms with Crippen LogP contribution in [-0.4, -0.2) is 62.4 Å². The van der Waals surface area contributed by atoms with Gasteiger partial charge >= 0.3 is 0 Å². The zero-order valence-electron chi connectivity index (χ0n) is 19.4. The van der Waals surface area contributed by atoms with Crippen molar-refractivity contribution in [3.63, 3.8) is 0 Å². The van der Waals surface area contributed by atoms with Gasteiger partial charge in [0.25, 0.3) is 21.6 Å². The van der Waals surface area contributed by atoms with E-state index in [2.05, 4.69) is 4.98 Å². The lowest BCUT2D eigenvalue weighted by Gasteiger charge is -2.35. The van der Waals surface area contributed by atoms with Crippen molar-refractivity contribution in [3.05, 3.63) is 88.1 Å². The zero-order valence-corrected chi connectivity index (χ0v) is 20.2. The van der Waals surface area contributed by atoms with Crippen LogP contribution in [0.15, 0.2) is 71.8 Å². The molecule has 1 aromatic heterocycles. The van der Waals surface area contributed by atoms with Crippen molar-refractivity contribution in [2.24, 2.45) is 0 Å². The van der Waals surface area contributed by atoms with E-state index in [1.807, 2.05) is 24.0 Å². The van der Waals surface area contributed by atoms with E-state index in [1.165, 1.54) is 35.7 Å². The summed E-state index contributed by atoms with van der Waals surface area (Å²) < 4.78 is 27.6. The van der Waals surface area contributed by atoms with E-state index in [0.29, 0.717) is 43.2 Å². The van der Waals surface area contributed by atoms with Crippen molar-refractivity contribution < 1.29 is 18.1 Å². The number of anilines is 2. The molecule has 11 heteroatoms. The van der Waals surface area contributed by atoms with Crippen molar-refractivity contribution in [1.82, 2.24) is 9.88 Å². The summed E-state index contributed by atoms with van der Waals surface area (Å²) in [5.41, 5.74) is 1.77. The number of piperazine rings is 1. The standard InChI is InChI=1S/C24H25N5O5S/c1-18-6-8-20(9-7-18)26(2)35(33,34)22-5-3-4-19(16-22)24(30)28-14-12-27(13-15-28)23-11-10-21(17-25-23)29(31)32/h3-11,16-17H,12-15H2,1-2H3. The van der Waals surface area contributed by atoms with Gasteiger partial charge in [0.05, 0.1) is 15.5 Å². The first kappa shape index (κ1) is 24.1. The quantitative estimate of drug-likeness (QED) is 0.381. The van der Waals surface area contributed by atoms with Crippen molar-refractivity contribution >= 4 is 33.1 Å². The van der Waals surface area contributed by atoms with Crippen LogP contribution in [0.1, 0.15) is 15.9 Å². The number of benzene rings is 2. The molecule has 0 saturated carbocycles. The summed E-state index contributed by atoms with van der Waals surface area (Å²) in [6, 6.07) is 16.2. The molecule has 1 saturated heterocycles. The molecule has 0 N–H and O–H groups in total. The number of hydrogen-bond acceptors (Lipinski definition) is 7. The molecular weight excluding hydrogens is 470 g/mol. The Bertz CT molecular complexity index is 1340. The molecule has 35 heavy (non-hydrogen) atoms. The van der Waals surface area contributed by atoms with Crippen molar-refractivity contribution in [1.29, 1.82) is 0 Å². The second-order valence-corrected chi connectivity index (χ2v) is 10.2. The summed E-state index contributed by atoms with van der Waals surface area (Å²) in [7, 11) is -2.36. The van der Waals surface area contributed by atoms with E-state index in [0.717, 1.165) is 5.56 Å². The molecule has 2 aromatic carbocycles. The maximum Gasteiger partial charge on any atom is 0.287 e. The fourth-order valence-electron chi connectivity index (χ4n) is 3.84. The number of sulfonamides is 1. The van der Waals surface area contributed by atoms with Crippen LogP contribution in [0.25, 0.3) is 0 Å². The molecule has 0 bridgehead atoms. The van der Waals surface area contributed by atoms with Gasteiger partial charge in [-0.1, -0.05) is 23.8 Å². The Labute approximate surface area is 203 Å². The molecule has 1 amide bonds. The van der Waals surface area contributed by atoms with E-state index in [-0.39, 0.29) is 16.5 Å². The number of nitro groups is 1. The number of rotatable bonds is 6. The average molecular weight is 496 g/mol. The SMILES string of the molecule is Cc1ccc(N(C)S(=O)(=O)c2cccc(C(=O)N3CCN(c4ccc([N+](=O)[O-])cn4)CC3)c2)cc1. The van der Waals surface area contributed by atoms with Gasteiger partial charge in [0, 0.05) is 44.9 Å². The normalized spacial score (nSPS) is 14.0. The molecule has 182 valence electrons. The van der Waals surface area contributed by atoms with E-state index < -0.39 is 14.9 Å². The number of pyridine rings is 1.